The Morgan fingerprint density at radius 1 is 1.10 bits per heavy atom. The zero-order valence-electron chi connectivity index (χ0n) is 18.0. The van der Waals surface area contributed by atoms with E-state index in [4.69, 9.17) is 9.73 Å². The van der Waals surface area contributed by atoms with E-state index in [0.717, 1.165) is 43.6 Å². The van der Waals surface area contributed by atoms with E-state index in [1.807, 2.05) is 30.3 Å². The van der Waals surface area contributed by atoms with Gasteiger partial charge in [-0.2, -0.15) is 0 Å². The molecule has 0 amide bonds. The number of methoxy groups -OCH3 is 1. The van der Waals surface area contributed by atoms with Crippen LogP contribution in [0.3, 0.4) is 0 Å². The molecule has 1 atom stereocenters. The van der Waals surface area contributed by atoms with E-state index in [1.165, 1.54) is 24.8 Å². The summed E-state index contributed by atoms with van der Waals surface area (Å²) in [6.45, 7) is 6.46. The molecule has 0 spiro atoms. The van der Waals surface area contributed by atoms with E-state index in [1.54, 1.807) is 13.3 Å². The van der Waals surface area contributed by atoms with Crippen molar-refractivity contribution in [3.63, 3.8) is 0 Å². The summed E-state index contributed by atoms with van der Waals surface area (Å²) in [5.41, 5.74) is 2.19. The Morgan fingerprint density at radius 2 is 1.87 bits per heavy atom. The highest BCUT2D eigenvalue weighted by molar-refractivity contribution is 14.0. The summed E-state index contributed by atoms with van der Waals surface area (Å²) >= 11 is 0. The van der Waals surface area contributed by atoms with Crippen LogP contribution in [0.1, 0.15) is 43.5 Å². The Morgan fingerprint density at radius 3 is 2.57 bits per heavy atom. The summed E-state index contributed by atoms with van der Waals surface area (Å²) < 4.78 is 5.67. The number of benzene rings is 1. The van der Waals surface area contributed by atoms with Gasteiger partial charge < -0.3 is 15.4 Å². The molecular weight excluding hydrogens is 489 g/mol. The Kier molecular flexibility index (Phi) is 10.9. The number of para-hydroxylation sites is 1. The third-order valence-corrected chi connectivity index (χ3v) is 5.26. The molecule has 2 heterocycles. The summed E-state index contributed by atoms with van der Waals surface area (Å²) in [7, 11) is 1.75. The molecule has 1 aliphatic heterocycles. The molecular formula is C23H34IN5O. The number of nitrogens with zero attached hydrogens (tertiary/aromatic N) is 3. The topological polar surface area (TPSA) is 61.8 Å². The number of pyridine rings is 1. The maximum Gasteiger partial charge on any atom is 0.191 e. The van der Waals surface area contributed by atoms with Gasteiger partial charge >= 0.3 is 0 Å². The summed E-state index contributed by atoms with van der Waals surface area (Å²) in [6, 6.07) is 14.5. The molecule has 6 nitrogen and oxygen atoms in total. The minimum Gasteiger partial charge on any atom is -0.496 e. The molecule has 1 fully saturated rings. The van der Waals surface area contributed by atoms with Crippen LogP contribution < -0.4 is 15.4 Å². The summed E-state index contributed by atoms with van der Waals surface area (Å²) in [6.07, 6.45) is 5.62. The van der Waals surface area contributed by atoms with E-state index < -0.39 is 0 Å². The van der Waals surface area contributed by atoms with Crippen molar-refractivity contribution in [1.29, 1.82) is 0 Å². The van der Waals surface area contributed by atoms with Gasteiger partial charge in [0, 0.05) is 24.8 Å². The first-order chi connectivity index (χ1) is 14.3. The lowest BCUT2D eigenvalue weighted by Crippen LogP contribution is -2.44. The Bertz CT molecular complexity index is 765. The lowest BCUT2D eigenvalue weighted by atomic mass is 10.0. The molecule has 0 saturated carbocycles. The molecule has 0 bridgehead atoms. The molecule has 7 heteroatoms. The molecule has 1 unspecified atom stereocenters. The second-order valence-electron chi connectivity index (χ2n) is 7.25. The van der Waals surface area contributed by atoms with Crippen molar-refractivity contribution < 1.29 is 4.74 Å². The molecule has 3 rings (SSSR count). The quantitative estimate of drug-likeness (QED) is 0.312. The normalized spacial score (nSPS) is 15.7. The molecule has 1 aliphatic rings. The van der Waals surface area contributed by atoms with E-state index in [0.29, 0.717) is 6.54 Å². The van der Waals surface area contributed by atoms with E-state index in [2.05, 4.69) is 39.6 Å². The van der Waals surface area contributed by atoms with Crippen LogP contribution >= 0.6 is 24.0 Å². The fourth-order valence-electron chi connectivity index (χ4n) is 3.79. The molecule has 164 valence electrons. The number of hydrogen-bond donors (Lipinski definition) is 2. The number of halogens is 1. The standard InChI is InChI=1S/C23H33N5O.HI/c1-3-24-23(26-17-19-11-7-8-14-25-19)27-18-21(28-15-9-4-10-16-28)20-12-5-6-13-22(20)29-2;/h5-8,11-14,21H,3-4,9-10,15-18H2,1-2H3,(H2,24,26,27);1H. The smallest absolute Gasteiger partial charge is 0.191 e. The van der Waals surface area contributed by atoms with Crippen molar-refractivity contribution in [2.75, 3.05) is 33.3 Å². The predicted octanol–water partition coefficient (Wildman–Crippen LogP) is 3.99. The van der Waals surface area contributed by atoms with Crippen LogP contribution in [-0.4, -0.2) is 49.1 Å². The maximum absolute atomic E-state index is 5.67. The van der Waals surface area contributed by atoms with E-state index in [9.17, 15) is 0 Å². The lowest BCUT2D eigenvalue weighted by molar-refractivity contribution is 0.161. The van der Waals surface area contributed by atoms with E-state index in [-0.39, 0.29) is 30.0 Å². The van der Waals surface area contributed by atoms with Crippen molar-refractivity contribution in [2.45, 2.75) is 38.8 Å². The molecule has 1 aromatic heterocycles. The van der Waals surface area contributed by atoms with Gasteiger partial charge in [-0.25, -0.2) is 4.99 Å². The lowest BCUT2D eigenvalue weighted by Gasteiger charge is -2.35. The highest BCUT2D eigenvalue weighted by Crippen LogP contribution is 2.30. The Balaban J connectivity index is 0.00000320. The zero-order chi connectivity index (χ0) is 20.3. The van der Waals surface area contributed by atoms with Crippen LogP contribution in [-0.2, 0) is 6.54 Å². The summed E-state index contributed by atoms with van der Waals surface area (Å²) in [5.74, 6) is 1.76. The van der Waals surface area contributed by atoms with Crippen LogP contribution in [0.5, 0.6) is 5.75 Å². The number of rotatable bonds is 8. The molecule has 1 saturated heterocycles. The average molecular weight is 523 g/mol. The van der Waals surface area contributed by atoms with Crippen molar-refractivity contribution in [1.82, 2.24) is 20.5 Å². The third-order valence-electron chi connectivity index (χ3n) is 5.26. The van der Waals surface area contributed by atoms with Crippen molar-refractivity contribution in [3.05, 3.63) is 59.9 Å². The first-order valence-electron chi connectivity index (χ1n) is 10.6. The number of hydrogen-bond acceptors (Lipinski definition) is 4. The van der Waals surface area contributed by atoms with Gasteiger partial charge in [0.25, 0.3) is 0 Å². The van der Waals surface area contributed by atoms with Gasteiger partial charge in [0.15, 0.2) is 5.96 Å². The van der Waals surface area contributed by atoms with Crippen LogP contribution in [0, 0.1) is 0 Å². The van der Waals surface area contributed by atoms with Gasteiger partial charge in [-0.05, 0) is 51.1 Å². The Hall–Kier alpha value is -1.87. The maximum atomic E-state index is 5.67. The zero-order valence-corrected chi connectivity index (χ0v) is 20.3. The van der Waals surface area contributed by atoms with Crippen molar-refractivity contribution in [2.24, 2.45) is 4.99 Å². The SMILES string of the molecule is CCNC(=NCc1ccccn1)NCC(c1ccccc1OC)N1CCCCC1.I. The third kappa shape index (κ3) is 7.12. The highest BCUT2D eigenvalue weighted by atomic mass is 127. The summed E-state index contributed by atoms with van der Waals surface area (Å²) in [4.78, 5) is 11.6. The molecule has 30 heavy (non-hydrogen) atoms. The van der Waals surface area contributed by atoms with Gasteiger partial charge in [0.2, 0.25) is 0 Å². The number of piperidine rings is 1. The molecule has 0 aliphatic carbocycles. The largest absolute Gasteiger partial charge is 0.496 e. The first-order valence-corrected chi connectivity index (χ1v) is 10.6. The number of guanidine groups is 1. The van der Waals surface area contributed by atoms with Gasteiger partial charge in [-0.3, -0.25) is 9.88 Å². The van der Waals surface area contributed by atoms with Crippen LogP contribution in [0.25, 0.3) is 0 Å². The first kappa shape index (κ1) is 24.4. The van der Waals surface area contributed by atoms with Crippen molar-refractivity contribution >= 4 is 29.9 Å². The molecule has 1 aromatic carbocycles. The number of aromatic nitrogens is 1. The van der Waals surface area contributed by atoms with Crippen LogP contribution in [0.2, 0.25) is 0 Å². The Labute approximate surface area is 197 Å². The van der Waals surface area contributed by atoms with Crippen molar-refractivity contribution in [3.8, 4) is 5.75 Å². The van der Waals surface area contributed by atoms with Crippen LogP contribution in [0.15, 0.2) is 53.7 Å². The van der Waals surface area contributed by atoms with E-state index >= 15 is 0 Å². The monoisotopic (exact) mass is 523 g/mol. The fourth-order valence-corrected chi connectivity index (χ4v) is 3.79. The van der Waals surface area contributed by atoms with Gasteiger partial charge in [0.05, 0.1) is 25.4 Å². The number of aliphatic imine (C=N–C) groups is 1. The number of likely N-dealkylation sites (tertiary alicyclic amines) is 1. The second kappa shape index (κ2) is 13.4. The second-order valence-corrected chi connectivity index (χ2v) is 7.25. The van der Waals surface area contributed by atoms with Gasteiger partial charge in [-0.15, -0.1) is 24.0 Å². The van der Waals surface area contributed by atoms with Crippen LogP contribution in [0.4, 0.5) is 0 Å². The minimum absolute atomic E-state index is 0. The average Bonchev–Trinajstić information content (AvgIpc) is 2.79. The van der Waals surface area contributed by atoms with Gasteiger partial charge in [-0.1, -0.05) is 30.7 Å². The fraction of sp³-hybridized carbons (Fsp3) is 0.478. The summed E-state index contributed by atoms with van der Waals surface area (Å²) in [5, 5.41) is 6.90. The molecule has 2 aromatic rings. The molecule has 0 radical (unpaired) electrons. The minimum atomic E-state index is 0. The number of ether oxygens (including phenoxy) is 1. The highest BCUT2D eigenvalue weighted by Gasteiger charge is 2.25. The predicted molar refractivity (Wildman–Crippen MR) is 134 cm³/mol. The molecule has 2 N–H and O–H groups in total. The number of nitrogens with one attached hydrogen (secondary N) is 2. The van der Waals surface area contributed by atoms with Gasteiger partial charge in [0.1, 0.15) is 5.75 Å².